The second kappa shape index (κ2) is 3.99. The lowest BCUT2D eigenvalue weighted by Gasteiger charge is -2.38. The van der Waals surface area contributed by atoms with Gasteiger partial charge in [-0.15, -0.1) is 0 Å². The minimum Gasteiger partial charge on any atom is -0.459 e. The molecule has 2 heteroatoms. The van der Waals surface area contributed by atoms with Crippen molar-refractivity contribution >= 4 is 5.97 Å². The molecule has 0 aromatic heterocycles. The Bertz CT molecular complexity index is 400. The Kier molecular flexibility index (Phi) is 2.82. The van der Waals surface area contributed by atoms with E-state index in [-0.39, 0.29) is 11.6 Å². The Morgan fingerprint density at radius 2 is 1.79 bits per heavy atom. The highest BCUT2D eigenvalue weighted by Crippen LogP contribution is 2.69. The van der Waals surface area contributed by atoms with E-state index in [9.17, 15) is 4.79 Å². The SMILES string of the molecule is CC(=O)O[C@]1(C)C[C@H]2[C@@H](C[C@@H]3[C@H](C)CC[C@H]31)C2(C)C. The summed E-state index contributed by atoms with van der Waals surface area (Å²) < 4.78 is 5.87. The molecular weight excluding hydrogens is 236 g/mol. The largest absolute Gasteiger partial charge is 0.459 e. The molecule has 3 fully saturated rings. The van der Waals surface area contributed by atoms with Crippen LogP contribution in [0, 0.1) is 35.0 Å². The molecule has 3 aliphatic rings. The van der Waals surface area contributed by atoms with Crippen LogP contribution in [0.4, 0.5) is 0 Å². The molecule has 6 atom stereocenters. The molecule has 0 bridgehead atoms. The van der Waals surface area contributed by atoms with Crippen molar-refractivity contribution in [2.24, 2.45) is 35.0 Å². The average Bonchev–Trinajstić information content (AvgIpc) is 2.61. The molecular formula is C17H28O2. The van der Waals surface area contributed by atoms with E-state index >= 15 is 0 Å². The molecule has 0 aliphatic heterocycles. The molecule has 19 heavy (non-hydrogen) atoms. The Balaban J connectivity index is 1.91. The van der Waals surface area contributed by atoms with Crippen LogP contribution in [0.3, 0.4) is 0 Å². The summed E-state index contributed by atoms with van der Waals surface area (Å²) in [6, 6.07) is 0. The Labute approximate surface area is 117 Å². The maximum atomic E-state index is 11.6. The molecule has 3 saturated carbocycles. The van der Waals surface area contributed by atoms with Crippen molar-refractivity contribution < 1.29 is 9.53 Å². The first kappa shape index (κ1) is 13.5. The maximum Gasteiger partial charge on any atom is 0.303 e. The van der Waals surface area contributed by atoms with Gasteiger partial charge in [0.2, 0.25) is 0 Å². The van der Waals surface area contributed by atoms with Crippen LogP contribution in [0.25, 0.3) is 0 Å². The lowest BCUT2D eigenvalue weighted by Crippen LogP contribution is -2.42. The quantitative estimate of drug-likeness (QED) is 0.668. The number of hydrogen-bond acceptors (Lipinski definition) is 2. The molecule has 3 aliphatic carbocycles. The molecule has 3 rings (SSSR count). The van der Waals surface area contributed by atoms with Gasteiger partial charge in [-0.05, 0) is 55.3 Å². The summed E-state index contributed by atoms with van der Waals surface area (Å²) in [6.45, 7) is 11.0. The van der Waals surface area contributed by atoms with E-state index in [0.717, 1.165) is 30.1 Å². The van der Waals surface area contributed by atoms with E-state index in [1.165, 1.54) is 19.3 Å². The lowest BCUT2D eigenvalue weighted by molar-refractivity contribution is -0.164. The van der Waals surface area contributed by atoms with Gasteiger partial charge in [0.15, 0.2) is 0 Å². The zero-order valence-corrected chi connectivity index (χ0v) is 13.0. The summed E-state index contributed by atoms with van der Waals surface area (Å²) in [7, 11) is 0. The van der Waals surface area contributed by atoms with Crippen LogP contribution in [0.15, 0.2) is 0 Å². The number of carbonyl (C=O) groups is 1. The van der Waals surface area contributed by atoms with Gasteiger partial charge >= 0.3 is 5.97 Å². The van der Waals surface area contributed by atoms with Crippen molar-refractivity contribution in [3.63, 3.8) is 0 Å². The molecule has 0 N–H and O–H groups in total. The second-order valence-corrected chi connectivity index (χ2v) is 8.21. The average molecular weight is 264 g/mol. The molecule has 0 saturated heterocycles. The lowest BCUT2D eigenvalue weighted by atomic mass is 9.75. The normalized spacial score (nSPS) is 50.9. The predicted octanol–water partition coefficient (Wildman–Crippen LogP) is 4.04. The fraction of sp³-hybridized carbons (Fsp3) is 0.941. The number of esters is 1. The summed E-state index contributed by atoms with van der Waals surface area (Å²) in [4.78, 5) is 11.6. The van der Waals surface area contributed by atoms with Crippen LogP contribution in [0.5, 0.6) is 0 Å². The van der Waals surface area contributed by atoms with Gasteiger partial charge < -0.3 is 4.74 Å². The summed E-state index contributed by atoms with van der Waals surface area (Å²) in [5, 5.41) is 0. The molecule has 0 aromatic carbocycles. The van der Waals surface area contributed by atoms with E-state index in [1.807, 2.05) is 0 Å². The molecule has 0 radical (unpaired) electrons. The first-order valence-corrected chi connectivity index (χ1v) is 7.95. The van der Waals surface area contributed by atoms with Gasteiger partial charge in [-0.3, -0.25) is 4.79 Å². The fourth-order valence-electron chi connectivity index (χ4n) is 5.48. The van der Waals surface area contributed by atoms with Crippen LogP contribution in [0.2, 0.25) is 0 Å². The molecule has 0 unspecified atom stereocenters. The Morgan fingerprint density at radius 3 is 2.42 bits per heavy atom. The molecule has 108 valence electrons. The first-order chi connectivity index (χ1) is 8.75. The first-order valence-electron chi connectivity index (χ1n) is 7.95. The van der Waals surface area contributed by atoms with Crippen LogP contribution in [0.1, 0.15) is 60.3 Å². The van der Waals surface area contributed by atoms with E-state index in [2.05, 4.69) is 27.7 Å². The van der Waals surface area contributed by atoms with Gasteiger partial charge in [-0.1, -0.05) is 27.2 Å². The van der Waals surface area contributed by atoms with Crippen LogP contribution in [-0.2, 0) is 9.53 Å². The molecule has 0 aromatic rings. The third-order valence-corrected chi connectivity index (χ3v) is 6.78. The molecule has 0 spiro atoms. The highest BCUT2D eigenvalue weighted by atomic mass is 16.6. The van der Waals surface area contributed by atoms with Gasteiger partial charge in [-0.25, -0.2) is 0 Å². The number of ether oxygens (including phenoxy) is 1. The second-order valence-electron chi connectivity index (χ2n) is 8.21. The van der Waals surface area contributed by atoms with Crippen LogP contribution in [-0.4, -0.2) is 11.6 Å². The van der Waals surface area contributed by atoms with Crippen molar-refractivity contribution in [3.8, 4) is 0 Å². The van der Waals surface area contributed by atoms with Crippen molar-refractivity contribution in [3.05, 3.63) is 0 Å². The monoisotopic (exact) mass is 264 g/mol. The predicted molar refractivity (Wildman–Crippen MR) is 75.5 cm³/mol. The molecule has 0 amide bonds. The van der Waals surface area contributed by atoms with E-state index in [4.69, 9.17) is 4.74 Å². The van der Waals surface area contributed by atoms with Crippen molar-refractivity contribution in [2.75, 3.05) is 0 Å². The number of hydrogen-bond donors (Lipinski definition) is 0. The number of carbonyl (C=O) groups excluding carboxylic acids is 1. The third kappa shape index (κ3) is 1.94. The van der Waals surface area contributed by atoms with Crippen molar-refractivity contribution in [2.45, 2.75) is 65.9 Å². The number of rotatable bonds is 1. The highest BCUT2D eigenvalue weighted by Gasteiger charge is 2.65. The fourth-order valence-corrected chi connectivity index (χ4v) is 5.48. The minimum atomic E-state index is -0.214. The van der Waals surface area contributed by atoms with Gasteiger partial charge in [0.25, 0.3) is 0 Å². The Hall–Kier alpha value is -0.530. The van der Waals surface area contributed by atoms with Crippen molar-refractivity contribution in [1.82, 2.24) is 0 Å². The molecule has 2 nitrogen and oxygen atoms in total. The van der Waals surface area contributed by atoms with Gasteiger partial charge in [0, 0.05) is 12.8 Å². The minimum absolute atomic E-state index is 0.0993. The molecule has 0 heterocycles. The van der Waals surface area contributed by atoms with Crippen LogP contribution < -0.4 is 0 Å². The van der Waals surface area contributed by atoms with E-state index < -0.39 is 0 Å². The zero-order valence-electron chi connectivity index (χ0n) is 13.0. The Morgan fingerprint density at radius 1 is 1.11 bits per heavy atom. The zero-order chi connectivity index (χ0) is 14.0. The third-order valence-electron chi connectivity index (χ3n) is 6.78. The van der Waals surface area contributed by atoms with Gasteiger partial charge in [0.1, 0.15) is 5.60 Å². The smallest absolute Gasteiger partial charge is 0.303 e. The summed E-state index contributed by atoms with van der Waals surface area (Å²) >= 11 is 0. The van der Waals surface area contributed by atoms with Crippen LogP contribution >= 0.6 is 0 Å². The summed E-state index contributed by atoms with van der Waals surface area (Å²) in [5.41, 5.74) is 0.253. The maximum absolute atomic E-state index is 11.6. The summed E-state index contributed by atoms with van der Waals surface area (Å²) in [6.07, 6.45) is 5.00. The topological polar surface area (TPSA) is 26.3 Å². The summed E-state index contributed by atoms with van der Waals surface area (Å²) in [5.74, 6) is 3.68. The van der Waals surface area contributed by atoms with E-state index in [0.29, 0.717) is 11.3 Å². The standard InChI is InChI=1S/C17H28O2/c1-10-6-7-13-12(10)8-14-15(16(14,3)4)9-17(13,5)19-11(2)18/h10,12-15H,6-9H2,1-5H3/t10-,12-,13-,14-,15+,17-/m1/s1. The van der Waals surface area contributed by atoms with Crippen molar-refractivity contribution in [1.29, 1.82) is 0 Å². The van der Waals surface area contributed by atoms with Gasteiger partial charge in [-0.2, -0.15) is 0 Å². The number of fused-ring (bicyclic) bond motifs is 2. The van der Waals surface area contributed by atoms with Gasteiger partial charge in [0.05, 0.1) is 0 Å². The van der Waals surface area contributed by atoms with E-state index in [1.54, 1.807) is 6.92 Å². The highest BCUT2D eigenvalue weighted by molar-refractivity contribution is 5.66.